The summed E-state index contributed by atoms with van der Waals surface area (Å²) in [7, 11) is 0. The van der Waals surface area contributed by atoms with Gasteiger partial charge >= 0.3 is 17.9 Å². The van der Waals surface area contributed by atoms with Gasteiger partial charge in [0.05, 0.1) is 0 Å². The monoisotopic (exact) mass is 931 g/mol. The molecule has 0 N–H and O–H groups in total. The highest BCUT2D eigenvalue weighted by Gasteiger charge is 2.19. The molecule has 0 aliphatic carbocycles. The molecule has 0 rings (SSSR count). The van der Waals surface area contributed by atoms with Gasteiger partial charge in [-0.25, -0.2) is 0 Å². The first-order valence-corrected chi connectivity index (χ1v) is 29.7. The fourth-order valence-corrected chi connectivity index (χ4v) is 9.03. The molecule has 0 aromatic rings. The third kappa shape index (κ3) is 53.1. The number of rotatable bonds is 55. The molecule has 0 heterocycles. The van der Waals surface area contributed by atoms with Gasteiger partial charge in [0, 0.05) is 19.3 Å². The Balaban J connectivity index is 3.97. The molecule has 0 aliphatic heterocycles. The maximum Gasteiger partial charge on any atom is 0.306 e. The Kier molecular flexibility index (Phi) is 54.2. The summed E-state index contributed by atoms with van der Waals surface area (Å²) in [5, 5.41) is 0. The minimum Gasteiger partial charge on any atom is -0.462 e. The molecule has 0 aromatic carbocycles. The third-order valence-electron chi connectivity index (χ3n) is 13.5. The zero-order valence-corrected chi connectivity index (χ0v) is 44.7. The summed E-state index contributed by atoms with van der Waals surface area (Å²) in [6.07, 6.45) is 64.0. The summed E-state index contributed by atoms with van der Waals surface area (Å²) >= 11 is 0. The molecule has 0 aromatic heterocycles. The van der Waals surface area contributed by atoms with Crippen LogP contribution in [0.3, 0.4) is 0 Å². The van der Waals surface area contributed by atoms with Crippen LogP contribution in [0, 0.1) is 0 Å². The lowest BCUT2D eigenvalue weighted by Gasteiger charge is -2.18. The molecule has 66 heavy (non-hydrogen) atoms. The quantitative estimate of drug-likeness (QED) is 0.0262. The van der Waals surface area contributed by atoms with E-state index in [0.29, 0.717) is 19.3 Å². The van der Waals surface area contributed by atoms with Crippen LogP contribution in [-0.4, -0.2) is 37.2 Å². The second kappa shape index (κ2) is 55.7. The van der Waals surface area contributed by atoms with Crippen LogP contribution in [0.2, 0.25) is 0 Å². The first-order valence-electron chi connectivity index (χ1n) is 29.7. The van der Waals surface area contributed by atoms with Crippen molar-refractivity contribution in [2.45, 2.75) is 341 Å². The van der Waals surface area contributed by atoms with Crippen LogP contribution in [0.25, 0.3) is 0 Å². The predicted octanol–water partition coefficient (Wildman–Crippen LogP) is 19.7. The first-order chi connectivity index (χ1) is 32.5. The van der Waals surface area contributed by atoms with Crippen molar-refractivity contribution in [3.05, 3.63) is 12.2 Å². The second-order valence-corrected chi connectivity index (χ2v) is 20.3. The molecule has 390 valence electrons. The van der Waals surface area contributed by atoms with Crippen LogP contribution in [0.1, 0.15) is 335 Å². The SMILES string of the molecule is CCCCCCC/C=C\CCCCCCCC(=O)OC(COC(=O)CCCCCCCC)COC(=O)CCCCCCCCCCCCCCCCCCCCCCCCCCCCCC. The standard InChI is InChI=1S/C60H114O6/c1-4-7-10-13-16-18-20-22-24-25-26-27-28-29-30-31-32-33-34-35-36-37-39-40-42-44-47-50-53-59(62)65-56-57(55-64-58(61)52-49-46-15-12-9-6-3)66-60(63)54-51-48-45-43-41-38-23-21-19-17-14-11-8-5-2/h21,23,57H,4-20,22,24-56H2,1-3H3/b23-21-. The molecule has 0 spiro atoms. The molecule has 0 aliphatic rings. The van der Waals surface area contributed by atoms with Gasteiger partial charge in [-0.2, -0.15) is 0 Å². The lowest BCUT2D eigenvalue weighted by Crippen LogP contribution is -2.30. The van der Waals surface area contributed by atoms with E-state index in [1.54, 1.807) is 0 Å². The average Bonchev–Trinajstić information content (AvgIpc) is 3.31. The van der Waals surface area contributed by atoms with Gasteiger partial charge in [-0.3, -0.25) is 14.4 Å². The largest absolute Gasteiger partial charge is 0.462 e. The van der Waals surface area contributed by atoms with Gasteiger partial charge < -0.3 is 14.2 Å². The van der Waals surface area contributed by atoms with Crippen molar-refractivity contribution < 1.29 is 28.6 Å². The highest BCUT2D eigenvalue weighted by molar-refractivity contribution is 5.71. The summed E-state index contributed by atoms with van der Waals surface area (Å²) < 4.78 is 16.7. The molecule has 0 amide bonds. The van der Waals surface area contributed by atoms with E-state index in [4.69, 9.17) is 14.2 Å². The van der Waals surface area contributed by atoms with E-state index in [2.05, 4.69) is 32.9 Å². The highest BCUT2D eigenvalue weighted by Crippen LogP contribution is 2.18. The fraction of sp³-hybridized carbons (Fsp3) is 0.917. The molecule has 1 unspecified atom stereocenters. The van der Waals surface area contributed by atoms with Crippen molar-refractivity contribution in [1.29, 1.82) is 0 Å². The highest BCUT2D eigenvalue weighted by atomic mass is 16.6. The van der Waals surface area contributed by atoms with E-state index < -0.39 is 6.10 Å². The summed E-state index contributed by atoms with van der Waals surface area (Å²) in [6, 6.07) is 0. The summed E-state index contributed by atoms with van der Waals surface area (Å²) in [5.74, 6) is -0.868. The molecule has 0 saturated heterocycles. The Labute approximate surface area is 411 Å². The summed E-state index contributed by atoms with van der Waals surface area (Å²) in [4.78, 5) is 37.8. The molecular formula is C60H114O6. The Morgan fingerprint density at radius 3 is 0.758 bits per heavy atom. The Morgan fingerprint density at radius 2 is 0.500 bits per heavy atom. The van der Waals surface area contributed by atoms with Gasteiger partial charge in [-0.05, 0) is 44.9 Å². The molecule has 6 heteroatoms. The Morgan fingerprint density at radius 1 is 0.288 bits per heavy atom. The van der Waals surface area contributed by atoms with Crippen LogP contribution in [0.15, 0.2) is 12.2 Å². The van der Waals surface area contributed by atoms with Gasteiger partial charge in [-0.15, -0.1) is 0 Å². The number of hydrogen-bond donors (Lipinski definition) is 0. The molecule has 0 fully saturated rings. The lowest BCUT2D eigenvalue weighted by atomic mass is 10.0. The number of carbonyl (C=O) groups excluding carboxylic acids is 3. The predicted molar refractivity (Wildman–Crippen MR) is 284 cm³/mol. The maximum absolute atomic E-state index is 12.8. The number of carbonyl (C=O) groups is 3. The van der Waals surface area contributed by atoms with Crippen molar-refractivity contribution in [1.82, 2.24) is 0 Å². The first kappa shape index (κ1) is 64.2. The maximum atomic E-state index is 12.8. The average molecular weight is 932 g/mol. The molecule has 0 saturated carbocycles. The van der Waals surface area contributed by atoms with Gasteiger partial charge in [0.15, 0.2) is 6.10 Å². The minimum absolute atomic E-state index is 0.0688. The topological polar surface area (TPSA) is 78.9 Å². The van der Waals surface area contributed by atoms with Crippen molar-refractivity contribution in [3.8, 4) is 0 Å². The zero-order chi connectivity index (χ0) is 47.9. The second-order valence-electron chi connectivity index (χ2n) is 20.3. The van der Waals surface area contributed by atoms with Crippen LogP contribution in [0.5, 0.6) is 0 Å². The van der Waals surface area contributed by atoms with Crippen LogP contribution < -0.4 is 0 Å². The smallest absolute Gasteiger partial charge is 0.306 e. The molecule has 0 bridgehead atoms. The van der Waals surface area contributed by atoms with Crippen molar-refractivity contribution in [2.75, 3.05) is 13.2 Å². The van der Waals surface area contributed by atoms with Crippen LogP contribution in [-0.2, 0) is 28.6 Å². The Bertz CT molecular complexity index is 1020. The van der Waals surface area contributed by atoms with Crippen LogP contribution in [0.4, 0.5) is 0 Å². The molecule has 6 nitrogen and oxygen atoms in total. The number of esters is 3. The van der Waals surface area contributed by atoms with Gasteiger partial charge in [0.2, 0.25) is 0 Å². The normalized spacial score (nSPS) is 12.0. The molecule has 0 radical (unpaired) electrons. The van der Waals surface area contributed by atoms with E-state index in [9.17, 15) is 14.4 Å². The summed E-state index contributed by atoms with van der Waals surface area (Å²) in [6.45, 7) is 6.61. The Hall–Kier alpha value is -1.85. The molecular weight excluding hydrogens is 817 g/mol. The molecule has 1 atom stereocenters. The van der Waals surface area contributed by atoms with Gasteiger partial charge in [-0.1, -0.05) is 283 Å². The summed E-state index contributed by atoms with van der Waals surface area (Å²) in [5.41, 5.74) is 0. The van der Waals surface area contributed by atoms with E-state index in [1.807, 2.05) is 0 Å². The number of hydrogen-bond acceptors (Lipinski definition) is 6. The number of allylic oxidation sites excluding steroid dienone is 2. The number of unbranched alkanes of at least 4 members (excludes halogenated alkanes) is 42. The van der Waals surface area contributed by atoms with E-state index in [0.717, 1.165) is 64.2 Å². The fourth-order valence-electron chi connectivity index (χ4n) is 9.03. The lowest BCUT2D eigenvalue weighted by molar-refractivity contribution is -0.167. The third-order valence-corrected chi connectivity index (χ3v) is 13.5. The van der Waals surface area contributed by atoms with Crippen molar-refractivity contribution in [2.24, 2.45) is 0 Å². The van der Waals surface area contributed by atoms with Gasteiger partial charge in [0.1, 0.15) is 13.2 Å². The van der Waals surface area contributed by atoms with E-state index in [1.165, 1.54) is 231 Å². The van der Waals surface area contributed by atoms with Crippen molar-refractivity contribution >= 4 is 17.9 Å². The van der Waals surface area contributed by atoms with Gasteiger partial charge in [0.25, 0.3) is 0 Å². The zero-order valence-electron chi connectivity index (χ0n) is 44.7. The van der Waals surface area contributed by atoms with Crippen molar-refractivity contribution in [3.63, 3.8) is 0 Å². The van der Waals surface area contributed by atoms with Crippen LogP contribution >= 0.6 is 0 Å². The van der Waals surface area contributed by atoms with E-state index in [-0.39, 0.29) is 31.1 Å². The number of ether oxygens (including phenoxy) is 3. The minimum atomic E-state index is -0.767. The van der Waals surface area contributed by atoms with E-state index >= 15 is 0 Å².